The molecule has 33 heavy (non-hydrogen) atoms. The van der Waals surface area contributed by atoms with Gasteiger partial charge in [-0.1, -0.05) is 11.8 Å². The zero-order chi connectivity index (χ0) is 23.4. The van der Waals surface area contributed by atoms with Crippen molar-refractivity contribution in [2.24, 2.45) is 14.1 Å². The highest BCUT2D eigenvalue weighted by Crippen LogP contribution is 2.34. The quantitative estimate of drug-likeness (QED) is 0.331. The summed E-state index contributed by atoms with van der Waals surface area (Å²) in [5.74, 6) is 0. The lowest BCUT2D eigenvalue weighted by Gasteiger charge is -1.94. The molecule has 0 spiro atoms. The number of H-pyrrole nitrogens is 2. The van der Waals surface area contributed by atoms with E-state index in [-0.39, 0.29) is 11.1 Å². The molecular weight excluding hydrogens is 505 g/mol. The van der Waals surface area contributed by atoms with Crippen LogP contribution in [0, 0.1) is 0 Å². The fraction of sp³-hybridized carbons (Fsp3) is 0.222. The molecule has 15 heteroatoms. The van der Waals surface area contributed by atoms with Gasteiger partial charge in [-0.2, -0.15) is 10.2 Å². The summed E-state index contributed by atoms with van der Waals surface area (Å²) in [7, 11) is 2.51. The van der Waals surface area contributed by atoms with Crippen LogP contribution in [0.2, 0.25) is 0 Å². The summed E-state index contributed by atoms with van der Waals surface area (Å²) in [6.45, 7) is 0. The van der Waals surface area contributed by atoms with Crippen molar-refractivity contribution in [2.75, 3.05) is 12.5 Å². The molecule has 6 aromatic rings. The van der Waals surface area contributed by atoms with Crippen LogP contribution in [0.3, 0.4) is 0 Å². The summed E-state index contributed by atoms with van der Waals surface area (Å²) in [4.78, 5) is 32.1. The van der Waals surface area contributed by atoms with E-state index in [0.717, 1.165) is 30.2 Å². The second-order valence-electron chi connectivity index (χ2n) is 6.96. The smallest absolute Gasteiger partial charge is 0.288 e. The van der Waals surface area contributed by atoms with Crippen molar-refractivity contribution in [2.45, 2.75) is 8.68 Å². The summed E-state index contributed by atoms with van der Waals surface area (Å²) < 4.78 is 18.4. The minimum Gasteiger partial charge on any atom is -0.323 e. The first-order valence-corrected chi connectivity index (χ1v) is 13.8. The SMILES string of the molecule is CSc1nc2c(s1)c1cn[nH]c(=O)c1n2C.Cn1c2nc(S(C)=O)sc2c2cn[nH]c(=O)c21. The predicted octanol–water partition coefficient (Wildman–Crippen LogP) is 2.20. The largest absolute Gasteiger partial charge is 0.323 e. The van der Waals surface area contributed by atoms with Gasteiger partial charge in [0.25, 0.3) is 11.1 Å². The van der Waals surface area contributed by atoms with E-state index in [9.17, 15) is 13.8 Å². The number of nitrogens with zero attached hydrogens (tertiary/aromatic N) is 6. The Morgan fingerprint density at radius 2 is 1.42 bits per heavy atom. The first kappa shape index (κ1) is 21.9. The number of rotatable bonds is 2. The third-order valence-corrected chi connectivity index (χ3v) is 9.53. The summed E-state index contributed by atoms with van der Waals surface area (Å²) in [6.07, 6.45) is 6.86. The molecule has 0 bridgehead atoms. The van der Waals surface area contributed by atoms with Gasteiger partial charge in [-0.05, 0) is 6.26 Å². The van der Waals surface area contributed by atoms with Gasteiger partial charge in [0, 0.05) is 31.1 Å². The molecule has 0 saturated heterocycles. The molecule has 0 amide bonds. The Hall–Kier alpha value is -2.88. The zero-order valence-corrected chi connectivity index (χ0v) is 21.0. The average molecular weight is 521 g/mol. The Morgan fingerprint density at radius 1 is 0.909 bits per heavy atom. The number of hydrogen-bond donors (Lipinski definition) is 2. The fourth-order valence-corrected chi connectivity index (χ4v) is 6.97. The van der Waals surface area contributed by atoms with Crippen LogP contribution in [0.1, 0.15) is 0 Å². The molecular formula is C18H16N8O3S4. The maximum absolute atomic E-state index is 11.7. The van der Waals surface area contributed by atoms with E-state index in [1.165, 1.54) is 11.3 Å². The van der Waals surface area contributed by atoms with Crippen LogP contribution in [-0.2, 0) is 24.9 Å². The van der Waals surface area contributed by atoms with Crippen LogP contribution >= 0.6 is 34.4 Å². The van der Waals surface area contributed by atoms with Crippen molar-refractivity contribution in [1.29, 1.82) is 0 Å². The number of aromatic nitrogens is 8. The van der Waals surface area contributed by atoms with Gasteiger partial charge < -0.3 is 9.13 Å². The predicted molar refractivity (Wildman–Crippen MR) is 133 cm³/mol. The van der Waals surface area contributed by atoms with Crippen LogP contribution in [0.4, 0.5) is 0 Å². The summed E-state index contributed by atoms with van der Waals surface area (Å²) in [6, 6.07) is 0. The highest BCUT2D eigenvalue weighted by molar-refractivity contribution is 8.00. The third-order valence-electron chi connectivity index (χ3n) is 5.06. The Labute approximate surface area is 199 Å². The monoisotopic (exact) mass is 520 g/mol. The lowest BCUT2D eigenvalue weighted by molar-refractivity contribution is 0.686. The molecule has 1 atom stereocenters. The summed E-state index contributed by atoms with van der Waals surface area (Å²) >= 11 is 4.54. The maximum atomic E-state index is 11.7. The van der Waals surface area contributed by atoms with Crippen LogP contribution in [0.15, 0.2) is 30.7 Å². The molecule has 6 heterocycles. The molecule has 6 aromatic heterocycles. The Kier molecular flexibility index (Phi) is 5.43. The molecule has 0 radical (unpaired) electrons. The topological polar surface area (TPSA) is 144 Å². The van der Waals surface area contributed by atoms with Gasteiger partial charge in [-0.15, -0.1) is 22.7 Å². The number of thioether (sulfide) groups is 1. The number of thiazole rings is 2. The van der Waals surface area contributed by atoms with E-state index in [1.807, 2.05) is 17.9 Å². The minimum absolute atomic E-state index is 0.170. The zero-order valence-electron chi connectivity index (χ0n) is 17.7. The van der Waals surface area contributed by atoms with Gasteiger partial charge in [0.2, 0.25) is 0 Å². The van der Waals surface area contributed by atoms with Crippen molar-refractivity contribution < 1.29 is 4.21 Å². The standard InChI is InChI=1S/C9H8N4O2S2.C9H8N4OS2/c1-13-5-4(3-10-12-8(5)14)6-7(13)11-9(16-6)17(2)15;1-13-5-4(3-10-12-8(5)14)6-7(13)11-9(15-2)16-6/h3H,1-2H3,(H,12,14);3H,1-2H3,(H,12,14). The number of hydrogen-bond acceptors (Lipinski definition) is 10. The van der Waals surface area contributed by atoms with Gasteiger partial charge >= 0.3 is 0 Å². The molecule has 0 aliphatic rings. The van der Waals surface area contributed by atoms with Gasteiger partial charge in [0.05, 0.1) is 32.6 Å². The van der Waals surface area contributed by atoms with Crippen LogP contribution < -0.4 is 11.1 Å². The van der Waals surface area contributed by atoms with Gasteiger partial charge in [0.1, 0.15) is 11.0 Å². The maximum Gasteiger partial charge on any atom is 0.288 e. The molecule has 1 unspecified atom stereocenters. The summed E-state index contributed by atoms with van der Waals surface area (Å²) in [5.41, 5.74) is 2.29. The summed E-state index contributed by atoms with van der Waals surface area (Å²) in [5, 5.41) is 14.1. The molecule has 0 fully saturated rings. The average Bonchev–Trinajstić information content (AvgIpc) is 3.52. The first-order valence-electron chi connectivity index (χ1n) is 9.34. The molecule has 170 valence electrons. The number of nitrogens with one attached hydrogen (secondary N) is 2. The molecule has 11 nitrogen and oxygen atoms in total. The van der Waals surface area contributed by atoms with Crippen LogP contribution in [-0.4, -0.2) is 56.2 Å². The highest BCUT2D eigenvalue weighted by atomic mass is 32.2. The lowest BCUT2D eigenvalue weighted by Crippen LogP contribution is -2.10. The Balaban J connectivity index is 0.000000139. The minimum atomic E-state index is -1.11. The van der Waals surface area contributed by atoms with Crippen molar-refractivity contribution in [1.82, 2.24) is 39.5 Å². The van der Waals surface area contributed by atoms with E-state index in [4.69, 9.17) is 0 Å². The highest BCUT2D eigenvalue weighted by Gasteiger charge is 2.18. The van der Waals surface area contributed by atoms with E-state index >= 15 is 0 Å². The van der Waals surface area contributed by atoms with Crippen molar-refractivity contribution >= 4 is 87.7 Å². The molecule has 0 saturated carbocycles. The first-order chi connectivity index (χ1) is 15.8. The van der Waals surface area contributed by atoms with Gasteiger partial charge in [0.15, 0.2) is 20.0 Å². The lowest BCUT2D eigenvalue weighted by atomic mass is 10.4. The number of fused-ring (bicyclic) bond motifs is 6. The van der Waals surface area contributed by atoms with Crippen molar-refractivity contribution in [3.63, 3.8) is 0 Å². The van der Waals surface area contributed by atoms with Crippen LogP contribution in [0.5, 0.6) is 0 Å². The van der Waals surface area contributed by atoms with Crippen molar-refractivity contribution in [3.05, 3.63) is 33.1 Å². The van der Waals surface area contributed by atoms with E-state index in [1.54, 1.807) is 53.4 Å². The van der Waals surface area contributed by atoms with Gasteiger partial charge in [-0.25, -0.2) is 20.2 Å². The molecule has 2 N–H and O–H groups in total. The van der Waals surface area contributed by atoms with E-state index in [2.05, 4.69) is 30.4 Å². The third kappa shape index (κ3) is 3.42. The Bertz CT molecular complexity index is 1820. The number of aromatic amines is 2. The van der Waals surface area contributed by atoms with Crippen molar-refractivity contribution in [3.8, 4) is 0 Å². The van der Waals surface area contributed by atoms with Gasteiger partial charge in [-0.3, -0.25) is 13.8 Å². The van der Waals surface area contributed by atoms with E-state index < -0.39 is 10.8 Å². The molecule has 0 aromatic carbocycles. The van der Waals surface area contributed by atoms with E-state index in [0.29, 0.717) is 21.0 Å². The normalized spacial score (nSPS) is 12.6. The second kappa shape index (κ2) is 8.16. The Morgan fingerprint density at radius 3 is 1.94 bits per heavy atom. The fourth-order valence-electron chi connectivity index (χ4n) is 3.60. The van der Waals surface area contributed by atoms with Crippen LogP contribution in [0.25, 0.3) is 42.5 Å². The molecule has 0 aliphatic heterocycles. The molecule has 0 aliphatic carbocycles. The second-order valence-corrected chi connectivity index (χ2v) is 11.6. The number of aryl methyl sites for hydroxylation is 2. The molecule has 6 rings (SSSR count).